The molecule has 1 aromatic rings. The van der Waals surface area contributed by atoms with Crippen molar-refractivity contribution in [2.24, 2.45) is 0 Å². The Hall–Kier alpha value is -0.710. The lowest BCUT2D eigenvalue weighted by Crippen LogP contribution is -2.03. The molecular weight excluding hydrogens is 217 g/mol. The van der Waals surface area contributed by atoms with Gasteiger partial charge in [0.05, 0.1) is 11.8 Å². The van der Waals surface area contributed by atoms with Gasteiger partial charge in [0.25, 0.3) is 0 Å². The van der Waals surface area contributed by atoms with E-state index >= 15 is 0 Å². The van der Waals surface area contributed by atoms with Gasteiger partial charge in [0.15, 0.2) is 0 Å². The first kappa shape index (κ1) is 11.4. The normalized spacial score (nSPS) is 12.0. The van der Waals surface area contributed by atoms with Gasteiger partial charge in [-0.05, 0) is 12.8 Å². The molecule has 0 spiro atoms. The number of aromatic nitrogens is 2. The summed E-state index contributed by atoms with van der Waals surface area (Å²) in [5.74, 6) is 0.521. The zero-order valence-electron chi connectivity index (χ0n) is 7.39. The Morgan fingerprint density at radius 1 is 1.36 bits per heavy atom. The van der Waals surface area contributed by atoms with Gasteiger partial charge in [-0.25, -0.2) is 0 Å². The van der Waals surface area contributed by atoms with E-state index in [4.69, 9.17) is 11.6 Å². The summed E-state index contributed by atoms with van der Waals surface area (Å²) >= 11 is 5.44. The third-order valence-corrected chi connectivity index (χ3v) is 2.00. The van der Waals surface area contributed by atoms with Crippen LogP contribution >= 0.6 is 11.6 Å². The summed E-state index contributed by atoms with van der Waals surface area (Å²) in [6, 6.07) is 0. The monoisotopic (exact) mass is 226 g/mol. The van der Waals surface area contributed by atoms with Crippen LogP contribution in [0.25, 0.3) is 0 Å². The molecule has 2 nitrogen and oxygen atoms in total. The molecule has 0 saturated heterocycles. The Bertz CT molecular complexity index is 282. The molecule has 0 saturated carbocycles. The van der Waals surface area contributed by atoms with E-state index in [0.717, 1.165) is 25.2 Å². The van der Waals surface area contributed by atoms with Crippen LogP contribution in [0.4, 0.5) is 13.2 Å². The number of alkyl halides is 4. The Labute approximate surface area is 84.7 Å². The van der Waals surface area contributed by atoms with Gasteiger partial charge in [0.2, 0.25) is 0 Å². The van der Waals surface area contributed by atoms with E-state index in [9.17, 15) is 13.2 Å². The van der Waals surface area contributed by atoms with Gasteiger partial charge in [-0.15, -0.1) is 11.6 Å². The van der Waals surface area contributed by atoms with E-state index in [2.05, 4.69) is 5.10 Å². The van der Waals surface area contributed by atoms with Crippen molar-refractivity contribution in [1.29, 1.82) is 0 Å². The van der Waals surface area contributed by atoms with E-state index in [-0.39, 0.29) is 0 Å². The highest BCUT2D eigenvalue weighted by molar-refractivity contribution is 6.17. The van der Waals surface area contributed by atoms with Crippen LogP contribution < -0.4 is 0 Å². The number of unbranched alkanes of at least 4 members (excludes halogenated alkanes) is 1. The minimum absolute atomic E-state index is 0.475. The van der Waals surface area contributed by atoms with Crippen LogP contribution in [0.3, 0.4) is 0 Å². The van der Waals surface area contributed by atoms with E-state index in [1.807, 2.05) is 0 Å². The zero-order chi connectivity index (χ0) is 10.6. The van der Waals surface area contributed by atoms with Gasteiger partial charge in [-0.3, -0.25) is 4.68 Å². The second kappa shape index (κ2) is 4.68. The average molecular weight is 227 g/mol. The van der Waals surface area contributed by atoms with Crippen molar-refractivity contribution >= 4 is 11.6 Å². The first-order valence-electron chi connectivity index (χ1n) is 4.19. The molecule has 6 heteroatoms. The number of hydrogen-bond acceptors (Lipinski definition) is 1. The average Bonchev–Trinajstić information content (AvgIpc) is 2.52. The quantitative estimate of drug-likeness (QED) is 0.570. The maximum Gasteiger partial charge on any atom is 0.419 e. The van der Waals surface area contributed by atoms with Crippen LogP contribution in [0.1, 0.15) is 18.4 Å². The highest BCUT2D eigenvalue weighted by Gasteiger charge is 2.31. The summed E-state index contributed by atoms with van der Waals surface area (Å²) in [4.78, 5) is 0. The fraction of sp³-hybridized carbons (Fsp3) is 0.625. The Morgan fingerprint density at radius 3 is 2.57 bits per heavy atom. The maximum absolute atomic E-state index is 12.1. The van der Waals surface area contributed by atoms with Crippen molar-refractivity contribution in [1.82, 2.24) is 9.78 Å². The van der Waals surface area contributed by atoms with Crippen molar-refractivity contribution < 1.29 is 13.2 Å². The molecule has 14 heavy (non-hydrogen) atoms. The molecule has 80 valence electrons. The lowest BCUT2D eigenvalue weighted by atomic mass is 10.3. The minimum Gasteiger partial charge on any atom is -0.272 e. The molecule has 0 fully saturated rings. The highest BCUT2D eigenvalue weighted by atomic mass is 35.5. The van der Waals surface area contributed by atoms with Gasteiger partial charge in [0.1, 0.15) is 0 Å². The molecule has 0 amide bonds. The first-order chi connectivity index (χ1) is 6.54. The van der Waals surface area contributed by atoms with Crippen LogP contribution in [-0.2, 0) is 12.7 Å². The van der Waals surface area contributed by atoms with Crippen molar-refractivity contribution in [3.8, 4) is 0 Å². The van der Waals surface area contributed by atoms with Crippen LogP contribution in [0.2, 0.25) is 0 Å². The number of halogens is 4. The first-order valence-corrected chi connectivity index (χ1v) is 4.73. The van der Waals surface area contributed by atoms with Gasteiger partial charge >= 0.3 is 6.18 Å². The number of hydrogen-bond donors (Lipinski definition) is 0. The third kappa shape index (κ3) is 3.21. The number of rotatable bonds is 4. The highest BCUT2D eigenvalue weighted by Crippen LogP contribution is 2.28. The second-order valence-electron chi connectivity index (χ2n) is 2.89. The van der Waals surface area contributed by atoms with Crippen molar-refractivity contribution in [3.63, 3.8) is 0 Å². The Balaban J connectivity index is 2.51. The molecule has 0 bridgehead atoms. The number of nitrogens with zero attached hydrogens (tertiary/aromatic N) is 2. The molecule has 0 aliphatic carbocycles. The predicted octanol–water partition coefficient (Wildman–Crippen LogP) is 2.92. The molecule has 0 aliphatic heterocycles. The predicted molar refractivity (Wildman–Crippen MR) is 47.2 cm³/mol. The lowest BCUT2D eigenvalue weighted by Gasteiger charge is -2.01. The fourth-order valence-corrected chi connectivity index (χ4v) is 1.19. The molecule has 0 aromatic carbocycles. The maximum atomic E-state index is 12.1. The van der Waals surface area contributed by atoms with E-state index in [1.54, 1.807) is 0 Å². The largest absolute Gasteiger partial charge is 0.419 e. The Kier molecular flexibility index (Phi) is 3.80. The fourth-order valence-electron chi connectivity index (χ4n) is 1.00. The molecule has 0 unspecified atom stereocenters. The van der Waals surface area contributed by atoms with Gasteiger partial charge in [-0.1, -0.05) is 0 Å². The Morgan fingerprint density at radius 2 is 2.07 bits per heavy atom. The van der Waals surface area contributed by atoms with Crippen molar-refractivity contribution in [3.05, 3.63) is 18.0 Å². The molecule has 0 aliphatic rings. The smallest absolute Gasteiger partial charge is 0.272 e. The molecule has 1 heterocycles. The second-order valence-corrected chi connectivity index (χ2v) is 3.26. The molecule has 0 N–H and O–H groups in total. The summed E-state index contributed by atoms with van der Waals surface area (Å²) in [5, 5.41) is 3.61. The summed E-state index contributed by atoms with van der Waals surface area (Å²) in [5.41, 5.74) is -0.705. The van der Waals surface area contributed by atoms with Crippen LogP contribution in [0, 0.1) is 0 Å². The lowest BCUT2D eigenvalue weighted by molar-refractivity contribution is -0.137. The SMILES string of the molecule is FC(F)(F)c1cnn(CCCCCl)c1. The summed E-state index contributed by atoms with van der Waals surface area (Å²) in [6.45, 7) is 0.475. The topological polar surface area (TPSA) is 17.8 Å². The van der Waals surface area contributed by atoms with Crippen LogP contribution in [-0.4, -0.2) is 15.7 Å². The van der Waals surface area contributed by atoms with Crippen LogP contribution in [0.15, 0.2) is 12.4 Å². The third-order valence-electron chi connectivity index (χ3n) is 1.73. The van der Waals surface area contributed by atoms with Gasteiger partial charge in [-0.2, -0.15) is 18.3 Å². The summed E-state index contributed by atoms with van der Waals surface area (Å²) in [7, 11) is 0. The number of aryl methyl sites for hydroxylation is 1. The van der Waals surface area contributed by atoms with Gasteiger partial charge < -0.3 is 0 Å². The molecule has 1 rings (SSSR count). The van der Waals surface area contributed by atoms with Gasteiger partial charge in [0, 0.05) is 18.6 Å². The molecular formula is C8H10ClF3N2. The van der Waals surface area contributed by atoms with E-state index in [1.165, 1.54) is 4.68 Å². The van der Waals surface area contributed by atoms with E-state index < -0.39 is 11.7 Å². The molecule has 0 radical (unpaired) electrons. The molecule has 0 atom stereocenters. The zero-order valence-corrected chi connectivity index (χ0v) is 8.15. The summed E-state index contributed by atoms with van der Waals surface area (Å²) < 4.78 is 37.6. The van der Waals surface area contributed by atoms with Crippen molar-refractivity contribution in [2.45, 2.75) is 25.6 Å². The van der Waals surface area contributed by atoms with E-state index in [0.29, 0.717) is 12.4 Å². The van der Waals surface area contributed by atoms with Crippen LogP contribution in [0.5, 0.6) is 0 Å². The standard InChI is InChI=1S/C8H10ClF3N2/c9-3-1-2-4-14-6-7(5-13-14)8(10,11)12/h5-6H,1-4H2. The minimum atomic E-state index is -4.30. The van der Waals surface area contributed by atoms with Crippen molar-refractivity contribution in [2.75, 3.05) is 5.88 Å². The summed E-state index contributed by atoms with van der Waals surface area (Å²) in [6.07, 6.45) is -0.940. The molecule has 1 aromatic heterocycles.